The molecule has 0 spiro atoms. The van der Waals surface area contributed by atoms with Gasteiger partial charge in [0.2, 0.25) is 0 Å². The van der Waals surface area contributed by atoms with Gasteiger partial charge in [0.25, 0.3) is 17.7 Å². The summed E-state index contributed by atoms with van der Waals surface area (Å²) in [5.41, 5.74) is 1.25. The molecule has 324 valence electrons. The van der Waals surface area contributed by atoms with E-state index in [9.17, 15) is 14.4 Å². The molecule has 0 bridgehead atoms. The van der Waals surface area contributed by atoms with Crippen LogP contribution in [0.5, 0.6) is 0 Å². The first-order chi connectivity index (χ1) is 26.9. The first-order valence-electron chi connectivity index (χ1n) is 23.9. The van der Waals surface area contributed by atoms with Gasteiger partial charge in [0, 0.05) is 34.8 Å². The van der Waals surface area contributed by atoms with Gasteiger partial charge in [0.15, 0.2) is 0 Å². The van der Waals surface area contributed by atoms with E-state index in [2.05, 4.69) is 99.0 Å². The fourth-order valence-corrected chi connectivity index (χ4v) is 11.7. The van der Waals surface area contributed by atoms with E-state index in [1.54, 1.807) is 18.2 Å². The molecule has 3 fully saturated rings. The monoisotopic (exact) mass is 790 g/mol. The number of amides is 3. The number of nitrogens with one attached hydrogen (secondary N) is 3. The molecule has 3 amide bonds. The summed E-state index contributed by atoms with van der Waals surface area (Å²) < 4.78 is 0. The molecule has 0 aromatic heterocycles. The molecule has 9 unspecified atom stereocenters. The third-order valence-electron chi connectivity index (χ3n) is 13.7. The summed E-state index contributed by atoms with van der Waals surface area (Å²) in [5.74, 6) is 6.53. The molecule has 3 aliphatic rings. The molecule has 0 saturated heterocycles. The van der Waals surface area contributed by atoms with Gasteiger partial charge in [-0.3, -0.25) is 14.4 Å². The van der Waals surface area contributed by atoms with Gasteiger partial charge < -0.3 is 16.0 Å². The van der Waals surface area contributed by atoms with Crippen molar-refractivity contribution in [2.24, 2.45) is 71.0 Å². The highest BCUT2D eigenvalue weighted by molar-refractivity contribution is 6.04. The molecule has 4 rings (SSSR count). The zero-order chi connectivity index (χ0) is 42.0. The summed E-state index contributed by atoms with van der Waals surface area (Å²) in [4.78, 5) is 43.1. The van der Waals surface area contributed by atoms with Crippen LogP contribution in [0.15, 0.2) is 18.2 Å². The van der Waals surface area contributed by atoms with E-state index >= 15 is 0 Å². The van der Waals surface area contributed by atoms with Crippen molar-refractivity contribution in [3.8, 4) is 0 Å². The minimum atomic E-state index is -0.168. The molecule has 0 aliphatic heterocycles. The van der Waals surface area contributed by atoms with E-state index < -0.39 is 0 Å². The highest BCUT2D eigenvalue weighted by atomic mass is 16.2. The van der Waals surface area contributed by atoms with Gasteiger partial charge in [-0.2, -0.15) is 0 Å². The Labute approximate surface area is 350 Å². The van der Waals surface area contributed by atoms with E-state index in [4.69, 9.17) is 0 Å². The van der Waals surface area contributed by atoms with E-state index in [-0.39, 0.29) is 35.8 Å². The normalized spacial score (nSPS) is 28.4. The van der Waals surface area contributed by atoms with Crippen molar-refractivity contribution in [1.82, 2.24) is 16.0 Å². The first kappa shape index (κ1) is 47.3. The quantitative estimate of drug-likeness (QED) is 0.138. The summed E-state index contributed by atoms with van der Waals surface area (Å²) >= 11 is 0. The second-order valence-electron chi connectivity index (χ2n) is 22.1. The molecule has 0 radical (unpaired) electrons. The fraction of sp³-hybridized carbons (Fsp3) is 0.824. The fourth-order valence-electron chi connectivity index (χ4n) is 11.7. The van der Waals surface area contributed by atoms with Crippen LogP contribution in [0, 0.1) is 71.0 Å². The van der Waals surface area contributed by atoms with Gasteiger partial charge in [0.05, 0.1) is 0 Å². The Kier molecular flexibility index (Phi) is 18.5. The van der Waals surface area contributed by atoms with Crippen LogP contribution >= 0.6 is 0 Å². The third-order valence-corrected chi connectivity index (χ3v) is 13.7. The minimum Gasteiger partial charge on any atom is -0.349 e. The first-order valence-corrected chi connectivity index (χ1v) is 23.9. The van der Waals surface area contributed by atoms with Crippen molar-refractivity contribution in [3.05, 3.63) is 34.9 Å². The zero-order valence-corrected chi connectivity index (χ0v) is 38.7. The maximum atomic E-state index is 14.4. The van der Waals surface area contributed by atoms with Crippen molar-refractivity contribution in [2.45, 2.75) is 198 Å². The lowest BCUT2D eigenvalue weighted by atomic mass is 9.72. The predicted molar refractivity (Wildman–Crippen MR) is 239 cm³/mol. The second kappa shape index (κ2) is 22.3. The zero-order valence-electron chi connectivity index (χ0n) is 38.7. The third kappa shape index (κ3) is 15.3. The second-order valence-corrected chi connectivity index (χ2v) is 22.1. The van der Waals surface area contributed by atoms with Crippen molar-refractivity contribution in [2.75, 3.05) is 0 Å². The van der Waals surface area contributed by atoms with Crippen LogP contribution in [0.2, 0.25) is 0 Å². The number of hydrogen-bond acceptors (Lipinski definition) is 3. The Balaban J connectivity index is 1.62. The molecular weight excluding hydrogens is 703 g/mol. The molecule has 6 heteroatoms. The molecule has 3 N–H and O–H groups in total. The number of carbonyl (C=O) groups is 3. The maximum Gasteiger partial charge on any atom is 0.251 e. The Morgan fingerprint density at radius 3 is 0.842 bits per heavy atom. The Morgan fingerprint density at radius 1 is 0.404 bits per heavy atom. The number of carbonyl (C=O) groups excluding carboxylic acids is 3. The lowest BCUT2D eigenvalue weighted by molar-refractivity contribution is 0.0868. The smallest absolute Gasteiger partial charge is 0.251 e. The standard InChI is InChI=1S/C51H87N3O3/c1-31(2)19-37-13-16-46(40(25-37)22-34(7)8)52-49(55)43-28-44(50(56)53-47-17-14-38(20-32(3)4)26-41(47)23-35(9)10)30-45(29-43)51(57)54-48-18-15-39(21-33(5)6)27-42(48)24-36(11)12/h28-42,46-48H,13-27H2,1-12H3,(H,52,55)(H,53,56)(H,54,57). The molecule has 1 aromatic carbocycles. The van der Waals surface area contributed by atoms with Crippen LogP contribution in [-0.4, -0.2) is 35.8 Å². The summed E-state index contributed by atoms with van der Waals surface area (Å²) in [7, 11) is 0. The van der Waals surface area contributed by atoms with Gasteiger partial charge in [-0.05, 0) is 186 Å². The highest BCUT2D eigenvalue weighted by Gasteiger charge is 2.36. The average Bonchev–Trinajstić information content (AvgIpc) is 3.09. The van der Waals surface area contributed by atoms with Gasteiger partial charge in [0.1, 0.15) is 0 Å². The van der Waals surface area contributed by atoms with Crippen LogP contribution in [0.3, 0.4) is 0 Å². The number of hydrogen-bond donors (Lipinski definition) is 3. The SMILES string of the molecule is CC(C)CC1CCC(NC(=O)c2cc(C(=O)NC3CCC(CC(C)C)CC3CC(C)C)cc(C(=O)NC3CCC(CC(C)C)CC3CC(C)C)c2)C(CC(C)C)C1. The van der Waals surface area contributed by atoms with Gasteiger partial charge in [-0.1, -0.05) is 83.1 Å². The molecule has 57 heavy (non-hydrogen) atoms. The molecule has 9 atom stereocenters. The minimum absolute atomic E-state index is 0.0914. The molecule has 3 aliphatic carbocycles. The highest BCUT2D eigenvalue weighted by Crippen LogP contribution is 2.39. The summed E-state index contributed by atoms with van der Waals surface area (Å²) in [6.45, 7) is 27.6. The van der Waals surface area contributed by atoms with Crippen LogP contribution in [0.4, 0.5) is 0 Å². The van der Waals surface area contributed by atoms with Gasteiger partial charge in [-0.25, -0.2) is 0 Å². The molecule has 6 nitrogen and oxygen atoms in total. The topological polar surface area (TPSA) is 87.3 Å². The summed E-state index contributed by atoms with van der Waals surface area (Å²) in [6.07, 6.45) is 16.7. The summed E-state index contributed by atoms with van der Waals surface area (Å²) in [5, 5.41) is 10.4. The predicted octanol–water partition coefficient (Wildman–Crippen LogP) is 12.5. The molecular formula is C51H87N3O3. The Morgan fingerprint density at radius 2 is 0.632 bits per heavy atom. The van der Waals surface area contributed by atoms with Gasteiger partial charge in [-0.15, -0.1) is 0 Å². The Bertz CT molecular complexity index is 1240. The van der Waals surface area contributed by atoms with Crippen molar-refractivity contribution in [3.63, 3.8) is 0 Å². The summed E-state index contributed by atoms with van der Waals surface area (Å²) in [6, 6.07) is 5.54. The van der Waals surface area contributed by atoms with Crippen molar-refractivity contribution in [1.29, 1.82) is 0 Å². The lowest BCUT2D eigenvalue weighted by Gasteiger charge is -2.38. The van der Waals surface area contributed by atoms with Crippen LogP contribution in [0.1, 0.15) is 210 Å². The van der Waals surface area contributed by atoms with Crippen LogP contribution in [0.25, 0.3) is 0 Å². The number of rotatable bonds is 18. The Hall–Kier alpha value is -2.37. The molecule has 0 heterocycles. The average molecular weight is 790 g/mol. The van der Waals surface area contributed by atoms with E-state index in [1.807, 2.05) is 0 Å². The van der Waals surface area contributed by atoms with E-state index in [0.717, 1.165) is 77.0 Å². The number of benzene rings is 1. The molecule has 3 saturated carbocycles. The molecule has 1 aromatic rings. The van der Waals surface area contributed by atoms with Crippen molar-refractivity contribution < 1.29 is 14.4 Å². The van der Waals surface area contributed by atoms with Crippen LogP contribution in [-0.2, 0) is 0 Å². The largest absolute Gasteiger partial charge is 0.349 e. The maximum absolute atomic E-state index is 14.4. The van der Waals surface area contributed by atoms with Crippen molar-refractivity contribution >= 4 is 17.7 Å². The van der Waals surface area contributed by atoms with E-state index in [1.165, 1.54) is 19.3 Å². The lowest BCUT2D eigenvalue weighted by Crippen LogP contribution is -2.46. The van der Waals surface area contributed by atoms with Gasteiger partial charge >= 0.3 is 0 Å². The van der Waals surface area contributed by atoms with E-state index in [0.29, 0.717) is 87.7 Å². The van der Waals surface area contributed by atoms with Crippen LogP contribution < -0.4 is 16.0 Å².